The zero-order valence-corrected chi connectivity index (χ0v) is 13.6. The van der Waals surface area contributed by atoms with E-state index in [1.165, 1.54) is 0 Å². The van der Waals surface area contributed by atoms with Crippen molar-refractivity contribution in [1.82, 2.24) is 30.2 Å². The number of hydrogen-bond donors (Lipinski definition) is 2. The molecule has 0 saturated carbocycles. The fourth-order valence-corrected chi connectivity index (χ4v) is 1.94. The molecule has 2 amide bonds. The van der Waals surface area contributed by atoms with Crippen LogP contribution in [0.1, 0.15) is 26.1 Å². The Kier molecular flexibility index (Phi) is 6.29. The van der Waals surface area contributed by atoms with E-state index in [0.29, 0.717) is 30.6 Å². The van der Waals surface area contributed by atoms with Gasteiger partial charge in [-0.25, -0.2) is 9.78 Å². The highest BCUT2D eigenvalue weighted by Crippen LogP contribution is 2.14. The van der Waals surface area contributed by atoms with Crippen molar-refractivity contribution in [2.45, 2.75) is 26.8 Å². The Hall–Kier alpha value is -2.91. The van der Waals surface area contributed by atoms with Crippen LogP contribution in [0.15, 0.2) is 12.4 Å². The van der Waals surface area contributed by atoms with Crippen molar-refractivity contribution >= 4 is 17.6 Å². The van der Waals surface area contributed by atoms with E-state index in [2.05, 4.69) is 25.8 Å². The van der Waals surface area contributed by atoms with Gasteiger partial charge in [0, 0.05) is 18.9 Å². The van der Waals surface area contributed by atoms with Crippen molar-refractivity contribution in [2.24, 2.45) is 0 Å². The van der Waals surface area contributed by atoms with Crippen molar-refractivity contribution in [3.05, 3.63) is 18.2 Å². The van der Waals surface area contributed by atoms with Crippen LogP contribution in [0.4, 0.5) is 4.79 Å². The Bertz CT molecular complexity index is 702. The second kappa shape index (κ2) is 8.65. The predicted molar refractivity (Wildman–Crippen MR) is 83.4 cm³/mol. The van der Waals surface area contributed by atoms with Crippen LogP contribution < -0.4 is 15.4 Å². The number of hydrogen-bond acceptors (Lipinski definition) is 7. The molecule has 0 aliphatic carbocycles. The van der Waals surface area contributed by atoms with Crippen molar-refractivity contribution < 1.29 is 19.1 Å². The number of rotatable bonds is 8. The lowest BCUT2D eigenvalue weighted by Crippen LogP contribution is -2.36. The summed E-state index contributed by atoms with van der Waals surface area (Å²) in [6, 6.07) is -0.407. The van der Waals surface area contributed by atoms with Crippen LogP contribution in [-0.4, -0.2) is 51.3 Å². The van der Waals surface area contributed by atoms with E-state index in [1.807, 2.05) is 6.92 Å². The Labute approximate surface area is 138 Å². The molecule has 0 unspecified atom stereocenters. The summed E-state index contributed by atoms with van der Waals surface area (Å²) in [6.45, 7) is 4.74. The van der Waals surface area contributed by atoms with E-state index in [-0.39, 0.29) is 25.5 Å². The minimum Gasteiger partial charge on any atom is -0.475 e. The zero-order valence-electron chi connectivity index (χ0n) is 13.6. The third-order valence-electron chi connectivity index (χ3n) is 2.97. The molecule has 0 aliphatic heterocycles. The first-order valence-electron chi connectivity index (χ1n) is 7.64. The van der Waals surface area contributed by atoms with Gasteiger partial charge >= 0.3 is 12.0 Å². The summed E-state index contributed by atoms with van der Waals surface area (Å²) in [5, 5.41) is 13.2. The Balaban J connectivity index is 1.86. The zero-order chi connectivity index (χ0) is 17.4. The van der Waals surface area contributed by atoms with Gasteiger partial charge in [0.2, 0.25) is 5.65 Å². The first-order valence-corrected chi connectivity index (χ1v) is 7.64. The van der Waals surface area contributed by atoms with Crippen LogP contribution in [0.2, 0.25) is 0 Å². The van der Waals surface area contributed by atoms with Crippen LogP contribution >= 0.6 is 0 Å². The van der Waals surface area contributed by atoms with Gasteiger partial charge in [-0.2, -0.15) is 0 Å². The van der Waals surface area contributed by atoms with Crippen LogP contribution in [0, 0.1) is 0 Å². The molecular weight excluding hydrogens is 316 g/mol. The van der Waals surface area contributed by atoms with Gasteiger partial charge in [-0.1, -0.05) is 0 Å². The summed E-state index contributed by atoms with van der Waals surface area (Å²) >= 11 is 0. The van der Waals surface area contributed by atoms with Crippen molar-refractivity contribution in [2.75, 3.05) is 19.8 Å². The third kappa shape index (κ3) is 4.54. The molecule has 0 fully saturated rings. The standard InChI is InChI=1S/C14H20N6O4/c1-3-23-11(21)5-6-16-14(22)17-9-10-18-19-12-13(24-4-2)15-7-8-20(10)12/h7-8H,3-6,9H2,1-2H3,(H2,16,17,22). The molecule has 2 aromatic rings. The van der Waals surface area contributed by atoms with Crippen molar-refractivity contribution in [3.8, 4) is 5.88 Å². The monoisotopic (exact) mass is 336 g/mol. The number of fused-ring (bicyclic) bond motifs is 1. The smallest absolute Gasteiger partial charge is 0.315 e. The van der Waals surface area contributed by atoms with Gasteiger partial charge in [0.1, 0.15) is 0 Å². The largest absolute Gasteiger partial charge is 0.475 e. The molecule has 130 valence electrons. The fraction of sp³-hybridized carbons (Fsp3) is 0.500. The van der Waals surface area contributed by atoms with E-state index < -0.39 is 6.03 Å². The number of ether oxygens (including phenoxy) is 2. The quantitative estimate of drug-likeness (QED) is 0.664. The summed E-state index contributed by atoms with van der Waals surface area (Å²) < 4.78 is 11.8. The Morgan fingerprint density at radius 3 is 2.79 bits per heavy atom. The molecular formula is C14H20N6O4. The van der Waals surface area contributed by atoms with Gasteiger partial charge in [-0.3, -0.25) is 9.20 Å². The van der Waals surface area contributed by atoms with E-state index in [1.54, 1.807) is 23.7 Å². The van der Waals surface area contributed by atoms with E-state index in [4.69, 9.17) is 9.47 Å². The molecule has 0 spiro atoms. The fourth-order valence-electron chi connectivity index (χ4n) is 1.94. The summed E-state index contributed by atoms with van der Waals surface area (Å²) in [5.41, 5.74) is 0.485. The lowest BCUT2D eigenvalue weighted by molar-refractivity contribution is -0.142. The molecule has 0 aromatic carbocycles. The molecule has 0 saturated heterocycles. The Morgan fingerprint density at radius 2 is 2.04 bits per heavy atom. The minimum absolute atomic E-state index is 0.124. The Morgan fingerprint density at radius 1 is 1.21 bits per heavy atom. The number of nitrogens with one attached hydrogen (secondary N) is 2. The molecule has 2 rings (SSSR count). The van der Waals surface area contributed by atoms with Gasteiger partial charge in [0.15, 0.2) is 5.82 Å². The average Bonchev–Trinajstić information content (AvgIpc) is 2.98. The topological polar surface area (TPSA) is 120 Å². The second-order valence-electron chi connectivity index (χ2n) is 4.64. The normalized spacial score (nSPS) is 10.4. The molecule has 0 radical (unpaired) electrons. The summed E-state index contributed by atoms with van der Waals surface area (Å²) in [7, 11) is 0. The third-order valence-corrected chi connectivity index (χ3v) is 2.97. The SMILES string of the molecule is CCOC(=O)CCNC(=O)NCc1nnc2c(OCC)nccn12. The van der Waals surface area contributed by atoms with Crippen molar-refractivity contribution in [3.63, 3.8) is 0 Å². The maximum absolute atomic E-state index is 11.7. The number of urea groups is 1. The maximum Gasteiger partial charge on any atom is 0.315 e. The molecule has 24 heavy (non-hydrogen) atoms. The summed E-state index contributed by atoms with van der Waals surface area (Å²) in [5.74, 6) is 0.573. The van der Waals surface area contributed by atoms with Gasteiger partial charge in [0.25, 0.3) is 5.88 Å². The van der Waals surface area contributed by atoms with Crippen LogP contribution in [0.25, 0.3) is 5.65 Å². The number of amides is 2. The van der Waals surface area contributed by atoms with Gasteiger partial charge in [0.05, 0.1) is 26.2 Å². The highest BCUT2D eigenvalue weighted by molar-refractivity contribution is 5.75. The molecule has 2 aromatic heterocycles. The highest BCUT2D eigenvalue weighted by atomic mass is 16.5. The van der Waals surface area contributed by atoms with Gasteiger partial charge < -0.3 is 20.1 Å². The molecule has 2 N–H and O–H groups in total. The average molecular weight is 336 g/mol. The first kappa shape index (κ1) is 17.4. The van der Waals surface area contributed by atoms with E-state index in [9.17, 15) is 9.59 Å². The molecule has 0 aliphatic rings. The number of carbonyl (C=O) groups excluding carboxylic acids is 2. The summed E-state index contributed by atoms with van der Waals surface area (Å²) in [6.07, 6.45) is 3.39. The van der Waals surface area contributed by atoms with Crippen molar-refractivity contribution in [1.29, 1.82) is 0 Å². The second-order valence-corrected chi connectivity index (χ2v) is 4.64. The van der Waals surface area contributed by atoms with Crippen LogP contribution in [0.5, 0.6) is 5.88 Å². The highest BCUT2D eigenvalue weighted by Gasteiger charge is 2.12. The predicted octanol–water partition coefficient (Wildman–Crippen LogP) is 0.275. The number of esters is 1. The number of nitrogens with zero attached hydrogens (tertiary/aromatic N) is 4. The summed E-state index contributed by atoms with van der Waals surface area (Å²) in [4.78, 5) is 27.0. The van der Waals surface area contributed by atoms with Crippen LogP contribution in [-0.2, 0) is 16.1 Å². The number of aromatic nitrogens is 4. The van der Waals surface area contributed by atoms with E-state index >= 15 is 0 Å². The molecule has 2 heterocycles. The molecule has 0 atom stereocenters. The lowest BCUT2D eigenvalue weighted by Gasteiger charge is -2.07. The maximum atomic E-state index is 11.7. The molecule has 10 heteroatoms. The minimum atomic E-state index is -0.407. The molecule has 0 bridgehead atoms. The first-order chi connectivity index (χ1) is 11.7. The van der Waals surface area contributed by atoms with E-state index in [0.717, 1.165) is 0 Å². The molecule has 10 nitrogen and oxygen atoms in total. The van der Waals surface area contributed by atoms with Crippen LogP contribution in [0.3, 0.4) is 0 Å². The van der Waals surface area contributed by atoms with Gasteiger partial charge in [-0.15, -0.1) is 10.2 Å². The lowest BCUT2D eigenvalue weighted by atomic mass is 10.4. The number of carbonyl (C=O) groups is 2. The van der Waals surface area contributed by atoms with Gasteiger partial charge in [-0.05, 0) is 13.8 Å².